The molecule has 5 atom stereocenters. The highest BCUT2D eigenvalue weighted by molar-refractivity contribution is 5.14. The SMILES string of the molecule is COC[C@H]1O[C@H](O)[C@H](OCc2ccccc2)[C@@H](OC)[C@@H]1OCc1ccccc1. The maximum atomic E-state index is 10.5. The van der Waals surface area contributed by atoms with Crippen LogP contribution in [0.4, 0.5) is 0 Å². The number of hydrogen-bond donors (Lipinski definition) is 1. The molecule has 1 N–H and O–H groups in total. The topological polar surface area (TPSA) is 66.4 Å². The molecule has 28 heavy (non-hydrogen) atoms. The summed E-state index contributed by atoms with van der Waals surface area (Å²) in [6, 6.07) is 19.7. The van der Waals surface area contributed by atoms with Gasteiger partial charge in [-0.15, -0.1) is 0 Å². The van der Waals surface area contributed by atoms with Crippen LogP contribution in [-0.4, -0.2) is 56.6 Å². The fraction of sp³-hybridized carbons (Fsp3) is 0.455. The third-order valence-electron chi connectivity index (χ3n) is 4.78. The van der Waals surface area contributed by atoms with Crippen molar-refractivity contribution in [3.05, 3.63) is 71.8 Å². The van der Waals surface area contributed by atoms with E-state index in [-0.39, 0.29) is 6.61 Å². The van der Waals surface area contributed by atoms with Gasteiger partial charge in [-0.05, 0) is 11.1 Å². The van der Waals surface area contributed by atoms with Gasteiger partial charge >= 0.3 is 0 Å². The van der Waals surface area contributed by atoms with E-state index < -0.39 is 30.7 Å². The van der Waals surface area contributed by atoms with E-state index in [1.165, 1.54) is 0 Å². The van der Waals surface area contributed by atoms with E-state index in [2.05, 4.69) is 0 Å². The Hall–Kier alpha value is -1.80. The Morgan fingerprint density at radius 2 is 1.32 bits per heavy atom. The van der Waals surface area contributed by atoms with Crippen LogP contribution in [0, 0.1) is 0 Å². The van der Waals surface area contributed by atoms with Gasteiger partial charge in [-0.3, -0.25) is 0 Å². The monoisotopic (exact) mass is 388 g/mol. The molecule has 152 valence electrons. The summed E-state index contributed by atoms with van der Waals surface area (Å²) in [5.41, 5.74) is 2.05. The number of ether oxygens (including phenoxy) is 5. The lowest BCUT2D eigenvalue weighted by molar-refractivity contribution is -0.311. The first-order chi connectivity index (χ1) is 13.7. The molecule has 0 saturated carbocycles. The molecule has 0 aromatic heterocycles. The van der Waals surface area contributed by atoms with Crippen LogP contribution in [-0.2, 0) is 36.9 Å². The number of rotatable bonds is 9. The number of aliphatic hydroxyl groups is 1. The smallest absolute Gasteiger partial charge is 0.184 e. The van der Waals surface area contributed by atoms with Gasteiger partial charge in [0.15, 0.2) is 6.29 Å². The molecule has 0 unspecified atom stereocenters. The van der Waals surface area contributed by atoms with Crippen LogP contribution in [0.25, 0.3) is 0 Å². The van der Waals surface area contributed by atoms with Crippen molar-refractivity contribution in [3.63, 3.8) is 0 Å². The summed E-state index contributed by atoms with van der Waals surface area (Å²) in [6.45, 7) is 1.02. The Labute approximate surface area is 165 Å². The van der Waals surface area contributed by atoms with E-state index in [0.29, 0.717) is 13.2 Å². The van der Waals surface area contributed by atoms with Crippen LogP contribution in [0.2, 0.25) is 0 Å². The molecule has 1 saturated heterocycles. The second-order valence-corrected chi connectivity index (χ2v) is 6.74. The van der Waals surface area contributed by atoms with E-state index in [0.717, 1.165) is 11.1 Å². The highest BCUT2D eigenvalue weighted by atomic mass is 16.7. The van der Waals surface area contributed by atoms with Crippen molar-refractivity contribution in [2.24, 2.45) is 0 Å². The highest BCUT2D eigenvalue weighted by Crippen LogP contribution is 2.28. The van der Waals surface area contributed by atoms with Crippen LogP contribution in [0.15, 0.2) is 60.7 Å². The molecule has 1 aliphatic heterocycles. The molecule has 1 heterocycles. The zero-order valence-electron chi connectivity index (χ0n) is 16.3. The Balaban J connectivity index is 1.71. The first-order valence-corrected chi connectivity index (χ1v) is 9.39. The molecular weight excluding hydrogens is 360 g/mol. The van der Waals surface area contributed by atoms with Crippen LogP contribution in [0.1, 0.15) is 11.1 Å². The molecule has 0 aliphatic carbocycles. The second-order valence-electron chi connectivity index (χ2n) is 6.74. The highest BCUT2D eigenvalue weighted by Gasteiger charge is 2.47. The van der Waals surface area contributed by atoms with E-state index >= 15 is 0 Å². The Morgan fingerprint density at radius 3 is 1.82 bits per heavy atom. The number of methoxy groups -OCH3 is 2. The summed E-state index contributed by atoms with van der Waals surface area (Å²) in [5, 5.41) is 10.5. The van der Waals surface area contributed by atoms with E-state index in [1.807, 2.05) is 60.7 Å². The third kappa shape index (κ3) is 5.38. The lowest BCUT2D eigenvalue weighted by Gasteiger charge is -2.43. The molecule has 2 aromatic carbocycles. The Bertz CT molecular complexity index is 680. The van der Waals surface area contributed by atoms with Crippen molar-refractivity contribution in [1.82, 2.24) is 0 Å². The predicted molar refractivity (Wildman–Crippen MR) is 104 cm³/mol. The molecule has 1 fully saturated rings. The fourth-order valence-electron chi connectivity index (χ4n) is 3.37. The summed E-state index contributed by atoms with van der Waals surface area (Å²) in [6.07, 6.45) is -3.24. The Morgan fingerprint density at radius 1 is 0.786 bits per heavy atom. The summed E-state index contributed by atoms with van der Waals surface area (Å²) in [5.74, 6) is 0. The van der Waals surface area contributed by atoms with Gasteiger partial charge in [0.05, 0.1) is 19.8 Å². The van der Waals surface area contributed by atoms with Crippen LogP contribution in [0.5, 0.6) is 0 Å². The van der Waals surface area contributed by atoms with Crippen LogP contribution < -0.4 is 0 Å². The summed E-state index contributed by atoms with van der Waals surface area (Å²) in [4.78, 5) is 0. The second kappa shape index (κ2) is 10.7. The van der Waals surface area contributed by atoms with Gasteiger partial charge in [0, 0.05) is 14.2 Å². The minimum absolute atomic E-state index is 0.280. The summed E-state index contributed by atoms with van der Waals surface area (Å²) in [7, 11) is 3.17. The average molecular weight is 388 g/mol. The fourth-order valence-corrected chi connectivity index (χ4v) is 3.37. The first kappa shape index (κ1) is 20.9. The van der Waals surface area contributed by atoms with Gasteiger partial charge in [0.25, 0.3) is 0 Å². The maximum Gasteiger partial charge on any atom is 0.184 e. The predicted octanol–water partition coefficient (Wildman–Crippen LogP) is 2.54. The van der Waals surface area contributed by atoms with Crippen molar-refractivity contribution >= 4 is 0 Å². The minimum atomic E-state index is -1.13. The van der Waals surface area contributed by atoms with Crippen molar-refractivity contribution in [2.75, 3.05) is 20.8 Å². The molecule has 6 nitrogen and oxygen atoms in total. The van der Waals surface area contributed by atoms with Crippen molar-refractivity contribution < 1.29 is 28.8 Å². The number of aliphatic hydroxyl groups excluding tert-OH is 1. The zero-order valence-corrected chi connectivity index (χ0v) is 16.3. The molecule has 0 radical (unpaired) electrons. The summed E-state index contributed by atoms with van der Waals surface area (Å²) >= 11 is 0. The average Bonchev–Trinajstić information content (AvgIpc) is 2.73. The molecule has 1 aliphatic rings. The Kier molecular flexibility index (Phi) is 7.97. The molecule has 0 spiro atoms. The van der Waals surface area contributed by atoms with Gasteiger partial charge in [-0.2, -0.15) is 0 Å². The quantitative estimate of drug-likeness (QED) is 0.712. The lowest BCUT2D eigenvalue weighted by atomic mass is 9.98. The van der Waals surface area contributed by atoms with Gasteiger partial charge in [-0.1, -0.05) is 60.7 Å². The standard InChI is InChI=1S/C22H28O6/c1-24-15-18-19(26-13-16-9-5-3-6-10-16)20(25-2)21(22(23)28-18)27-14-17-11-7-4-8-12-17/h3-12,18-23H,13-15H2,1-2H3/t18-,19-,20+,21-,22+/m1/s1. The van der Waals surface area contributed by atoms with E-state index in [9.17, 15) is 5.11 Å². The van der Waals surface area contributed by atoms with E-state index in [4.69, 9.17) is 23.7 Å². The lowest BCUT2D eigenvalue weighted by Crippen LogP contribution is -2.60. The molecular formula is C22H28O6. The molecule has 3 rings (SSSR count). The van der Waals surface area contributed by atoms with Crippen molar-refractivity contribution in [2.45, 2.75) is 43.9 Å². The largest absolute Gasteiger partial charge is 0.382 e. The molecule has 0 amide bonds. The first-order valence-electron chi connectivity index (χ1n) is 9.39. The van der Waals surface area contributed by atoms with Gasteiger partial charge < -0.3 is 28.8 Å². The van der Waals surface area contributed by atoms with Crippen LogP contribution >= 0.6 is 0 Å². The summed E-state index contributed by atoms with van der Waals surface area (Å²) < 4.78 is 28.8. The maximum absolute atomic E-state index is 10.5. The zero-order chi connectivity index (χ0) is 19.8. The van der Waals surface area contributed by atoms with Crippen molar-refractivity contribution in [3.8, 4) is 0 Å². The van der Waals surface area contributed by atoms with Gasteiger partial charge in [0.1, 0.15) is 24.4 Å². The van der Waals surface area contributed by atoms with Crippen molar-refractivity contribution in [1.29, 1.82) is 0 Å². The van der Waals surface area contributed by atoms with Gasteiger partial charge in [0.2, 0.25) is 0 Å². The number of benzene rings is 2. The minimum Gasteiger partial charge on any atom is -0.382 e. The molecule has 0 bridgehead atoms. The number of hydrogen-bond acceptors (Lipinski definition) is 6. The normalized spacial score (nSPS) is 27.6. The molecule has 2 aromatic rings. The van der Waals surface area contributed by atoms with E-state index in [1.54, 1.807) is 14.2 Å². The molecule has 6 heteroatoms. The van der Waals surface area contributed by atoms with Gasteiger partial charge in [-0.25, -0.2) is 0 Å². The third-order valence-corrected chi connectivity index (χ3v) is 4.78. The van der Waals surface area contributed by atoms with Crippen LogP contribution in [0.3, 0.4) is 0 Å².